The number of nitrogens with one attached hydrogen (secondary N) is 3. The Kier molecular flexibility index (Phi) is 10.9. The minimum Gasteiger partial charge on any atom is -0.364 e. The smallest absolute Gasteiger partial charge is 0.364 e. The van der Waals surface area contributed by atoms with E-state index in [0.29, 0.717) is 35.3 Å². The van der Waals surface area contributed by atoms with E-state index in [4.69, 9.17) is 0 Å². The van der Waals surface area contributed by atoms with Crippen molar-refractivity contribution in [1.82, 2.24) is 25.8 Å². The van der Waals surface area contributed by atoms with Crippen LogP contribution in [0.1, 0.15) is 78.8 Å². The molecule has 16 heteroatoms. The van der Waals surface area contributed by atoms with Gasteiger partial charge in [-0.05, 0) is 30.5 Å². The van der Waals surface area contributed by atoms with Gasteiger partial charge in [-0.15, -0.1) is 0 Å². The first-order valence-electron chi connectivity index (χ1n) is 13.1. The molecule has 3 aromatic rings. The normalized spacial score (nSPS) is 15.1. The molecule has 0 bridgehead atoms. The molecule has 1 fully saturated rings. The summed E-state index contributed by atoms with van der Waals surface area (Å²) in [5, 5.41) is 8.37. The second-order valence-corrected chi connectivity index (χ2v) is 9.82. The lowest BCUT2D eigenvalue weighted by atomic mass is 9.97. The number of rotatable bonds is 9. The summed E-state index contributed by atoms with van der Waals surface area (Å²) in [6, 6.07) is 4.91. The van der Waals surface area contributed by atoms with Crippen LogP contribution < -0.4 is 10.6 Å². The molecule has 1 saturated carbocycles. The molecule has 1 aromatic carbocycles. The minimum atomic E-state index is -4.41. The van der Waals surface area contributed by atoms with Gasteiger partial charge < -0.3 is 20.1 Å². The van der Waals surface area contributed by atoms with Crippen molar-refractivity contribution in [3.05, 3.63) is 47.1 Å². The molecule has 2 amide bonds. The van der Waals surface area contributed by atoms with Gasteiger partial charge >= 0.3 is 12.4 Å². The van der Waals surface area contributed by atoms with Gasteiger partial charge in [-0.3, -0.25) is 9.59 Å². The third-order valence-electron chi connectivity index (χ3n) is 6.26. The van der Waals surface area contributed by atoms with Crippen molar-refractivity contribution in [3.8, 4) is 0 Å². The molecule has 0 aliphatic heterocycles. The van der Waals surface area contributed by atoms with E-state index >= 15 is 0 Å². The van der Waals surface area contributed by atoms with Gasteiger partial charge in [0, 0.05) is 38.6 Å². The topological polar surface area (TPSA) is 113 Å². The Hall–Kier alpha value is -3.72. The van der Waals surface area contributed by atoms with Crippen molar-refractivity contribution in [1.29, 1.82) is 0 Å². The molecule has 0 spiro atoms. The number of alkyl halides is 8. The summed E-state index contributed by atoms with van der Waals surface area (Å²) in [5.74, 6) is -3.38. The number of amides is 2. The van der Waals surface area contributed by atoms with Gasteiger partial charge in [-0.1, -0.05) is 17.6 Å². The first kappa shape index (κ1) is 32.8. The maximum absolute atomic E-state index is 12.4. The molecule has 0 radical (unpaired) electrons. The molecular weight excluding hydrogens is 582 g/mol. The highest BCUT2D eigenvalue weighted by atomic mass is 19.4. The van der Waals surface area contributed by atoms with Crippen LogP contribution in [-0.2, 0) is 24.3 Å². The van der Waals surface area contributed by atoms with Crippen LogP contribution in [0.4, 0.5) is 35.1 Å². The molecule has 3 N–H and O–H groups in total. The standard InChI is InChI=1S/C20H19F6N5O3.C6H10F2/c21-19(22,23)5-3-13-12(10-34-31-13)18(33)28-9-16-29-14-2-1-11(7-15(14)30-16)8-27-17(32)4-6-20(24,25)26;7-6(8)4-2-1-3-5-6/h1-2,7,10H,3-6,8-9H2,(H,27,32)(H,28,33)(H,29,30);1-5H2. The third kappa shape index (κ3) is 11.3. The third-order valence-corrected chi connectivity index (χ3v) is 6.26. The summed E-state index contributed by atoms with van der Waals surface area (Å²) in [5.41, 5.74) is 1.49. The Morgan fingerprint density at radius 2 is 1.64 bits per heavy atom. The van der Waals surface area contributed by atoms with Crippen LogP contribution in [-0.4, -0.2) is 45.2 Å². The second-order valence-electron chi connectivity index (χ2n) is 9.82. The molecular formula is C26H29F8N5O3. The van der Waals surface area contributed by atoms with Crippen molar-refractivity contribution in [2.24, 2.45) is 0 Å². The van der Waals surface area contributed by atoms with Crippen LogP contribution in [0, 0.1) is 0 Å². The quantitative estimate of drug-likeness (QED) is 0.239. The van der Waals surface area contributed by atoms with E-state index in [-0.39, 0.29) is 37.2 Å². The second kappa shape index (κ2) is 14.0. The Labute approximate surface area is 234 Å². The van der Waals surface area contributed by atoms with Gasteiger partial charge in [0.05, 0.1) is 29.7 Å². The van der Waals surface area contributed by atoms with Crippen molar-refractivity contribution >= 4 is 22.8 Å². The molecule has 8 nitrogen and oxygen atoms in total. The molecule has 2 heterocycles. The first-order chi connectivity index (χ1) is 19.6. The number of hydrogen-bond acceptors (Lipinski definition) is 5. The number of carbonyl (C=O) groups is 2. The van der Waals surface area contributed by atoms with Crippen molar-refractivity contribution in [3.63, 3.8) is 0 Å². The average Bonchev–Trinajstić information content (AvgIpc) is 3.54. The average molecular weight is 612 g/mol. The van der Waals surface area contributed by atoms with Crippen LogP contribution >= 0.6 is 0 Å². The molecule has 1 aliphatic rings. The number of fused-ring (bicyclic) bond motifs is 1. The predicted molar refractivity (Wildman–Crippen MR) is 133 cm³/mol. The zero-order chi connectivity index (χ0) is 31.0. The van der Waals surface area contributed by atoms with Crippen molar-refractivity contribution < 1.29 is 49.2 Å². The maximum Gasteiger partial charge on any atom is 0.389 e. The van der Waals surface area contributed by atoms with Crippen LogP contribution in [0.5, 0.6) is 0 Å². The highest BCUT2D eigenvalue weighted by Crippen LogP contribution is 2.32. The molecule has 42 heavy (non-hydrogen) atoms. The minimum absolute atomic E-state index is 0.0198. The Bertz CT molecular complexity index is 1330. The van der Waals surface area contributed by atoms with E-state index in [1.54, 1.807) is 18.2 Å². The zero-order valence-corrected chi connectivity index (χ0v) is 22.2. The number of nitrogens with zero attached hydrogens (tertiary/aromatic N) is 2. The monoisotopic (exact) mass is 611 g/mol. The highest BCUT2D eigenvalue weighted by molar-refractivity contribution is 5.94. The number of benzene rings is 1. The Morgan fingerprint density at radius 1 is 0.952 bits per heavy atom. The number of aryl methyl sites for hydroxylation is 1. The number of H-pyrrole nitrogens is 1. The van der Waals surface area contributed by atoms with Crippen molar-refractivity contribution in [2.75, 3.05) is 0 Å². The summed E-state index contributed by atoms with van der Waals surface area (Å²) in [6.07, 6.45) is -8.68. The van der Waals surface area contributed by atoms with E-state index in [1.165, 1.54) is 0 Å². The molecule has 2 aromatic heterocycles. The number of carbonyl (C=O) groups excluding carboxylic acids is 2. The Morgan fingerprint density at radius 3 is 2.26 bits per heavy atom. The molecule has 0 unspecified atom stereocenters. The first-order valence-corrected chi connectivity index (χ1v) is 13.1. The number of aromatic nitrogens is 3. The van der Waals surface area contributed by atoms with Crippen LogP contribution in [0.15, 0.2) is 29.0 Å². The zero-order valence-electron chi connectivity index (χ0n) is 22.2. The SMILES string of the molecule is FC1(F)CCCCC1.O=C(CCC(F)(F)F)NCc1ccc2nc(CNC(=O)c3conc3CCC(F)(F)F)[nH]c2c1. The molecule has 0 saturated heterocycles. The number of aromatic amines is 1. The highest BCUT2D eigenvalue weighted by Gasteiger charge is 2.30. The van der Waals surface area contributed by atoms with Crippen LogP contribution in [0.3, 0.4) is 0 Å². The predicted octanol–water partition coefficient (Wildman–Crippen LogP) is 6.52. The van der Waals surface area contributed by atoms with E-state index < -0.39 is 55.8 Å². The fourth-order valence-corrected chi connectivity index (χ4v) is 4.06. The lowest BCUT2D eigenvalue weighted by Gasteiger charge is -2.20. The summed E-state index contributed by atoms with van der Waals surface area (Å²) in [7, 11) is 0. The van der Waals surface area contributed by atoms with Crippen LogP contribution in [0.25, 0.3) is 11.0 Å². The summed E-state index contributed by atoms with van der Waals surface area (Å²) >= 11 is 0. The van der Waals surface area contributed by atoms with E-state index in [1.807, 2.05) is 0 Å². The van der Waals surface area contributed by atoms with Gasteiger partial charge in [-0.25, -0.2) is 13.8 Å². The Balaban J connectivity index is 0.000000521. The molecule has 4 rings (SSSR count). The van der Waals surface area contributed by atoms with Gasteiger partial charge in [0.15, 0.2) is 0 Å². The summed E-state index contributed by atoms with van der Waals surface area (Å²) < 4.78 is 103. The summed E-state index contributed by atoms with van der Waals surface area (Å²) in [4.78, 5) is 31.1. The molecule has 1 aliphatic carbocycles. The van der Waals surface area contributed by atoms with E-state index in [0.717, 1.165) is 12.7 Å². The molecule has 0 atom stereocenters. The van der Waals surface area contributed by atoms with Gasteiger partial charge in [0.2, 0.25) is 11.8 Å². The van der Waals surface area contributed by atoms with Crippen LogP contribution in [0.2, 0.25) is 0 Å². The number of imidazole rings is 1. The molecule has 232 valence electrons. The van der Waals surface area contributed by atoms with Crippen molar-refractivity contribution in [2.45, 2.75) is 89.2 Å². The van der Waals surface area contributed by atoms with Gasteiger partial charge in [0.1, 0.15) is 17.7 Å². The lowest BCUT2D eigenvalue weighted by molar-refractivity contribution is -0.144. The maximum atomic E-state index is 12.4. The summed E-state index contributed by atoms with van der Waals surface area (Å²) in [6.45, 7) is -0.0488. The lowest BCUT2D eigenvalue weighted by Crippen LogP contribution is -2.24. The van der Waals surface area contributed by atoms with E-state index in [2.05, 4.69) is 30.3 Å². The largest absolute Gasteiger partial charge is 0.389 e. The fraction of sp³-hybridized carbons (Fsp3) is 0.538. The number of hydrogen-bond donors (Lipinski definition) is 3. The van der Waals surface area contributed by atoms with E-state index in [9.17, 15) is 44.7 Å². The van der Waals surface area contributed by atoms with Gasteiger partial charge in [0.25, 0.3) is 5.91 Å². The van der Waals surface area contributed by atoms with Gasteiger partial charge in [-0.2, -0.15) is 26.3 Å². The fourth-order valence-electron chi connectivity index (χ4n) is 4.06. The number of halogens is 8.